The average molecular weight is 270 g/mol. The summed E-state index contributed by atoms with van der Waals surface area (Å²) in [6.07, 6.45) is -0.114. The number of benzene rings is 1. The van der Waals surface area contributed by atoms with E-state index in [1.807, 2.05) is 0 Å². The van der Waals surface area contributed by atoms with Crippen LogP contribution in [-0.4, -0.2) is 34.0 Å². The smallest absolute Gasteiger partial charge is 0.328 e. The van der Waals surface area contributed by atoms with Crippen molar-refractivity contribution in [3.8, 4) is 5.75 Å². The van der Waals surface area contributed by atoms with Gasteiger partial charge in [0.15, 0.2) is 11.6 Å². The molecule has 0 spiro atoms. The van der Waals surface area contributed by atoms with Crippen LogP contribution in [0.5, 0.6) is 5.75 Å². The van der Waals surface area contributed by atoms with Crippen molar-refractivity contribution in [2.75, 3.05) is 6.61 Å². The predicted octanol–water partition coefficient (Wildman–Crippen LogP) is 1.61. The van der Waals surface area contributed by atoms with E-state index in [4.69, 9.17) is 14.9 Å². The fourth-order valence-corrected chi connectivity index (χ4v) is 1.52. The van der Waals surface area contributed by atoms with Crippen molar-refractivity contribution in [2.24, 2.45) is 0 Å². The van der Waals surface area contributed by atoms with E-state index in [9.17, 15) is 14.3 Å². The van der Waals surface area contributed by atoms with Crippen LogP contribution in [0, 0.1) is 5.82 Å². The maximum Gasteiger partial charge on any atom is 0.328 e. The van der Waals surface area contributed by atoms with Crippen LogP contribution < -0.4 is 0 Å². The normalized spacial score (nSPS) is 14.5. The number of rotatable bonds is 6. The van der Waals surface area contributed by atoms with Gasteiger partial charge in [-0.25, -0.2) is 9.18 Å². The standard InChI is InChI=1S/C13H15FO5/c1-2-19-11(5-6-12(16)17)13(18)8-3-4-10(15)9(14)7-8/h3-7,11,13,15,18H,2H2,1H3,(H,16,17)/b6-5+/t11-,13-/m1/s1. The van der Waals surface area contributed by atoms with Crippen LogP contribution in [0.25, 0.3) is 0 Å². The van der Waals surface area contributed by atoms with Crippen LogP contribution in [0.4, 0.5) is 4.39 Å². The number of aliphatic hydroxyl groups excluding tert-OH is 1. The molecular formula is C13H15FO5. The lowest BCUT2D eigenvalue weighted by Gasteiger charge is -2.20. The summed E-state index contributed by atoms with van der Waals surface area (Å²) >= 11 is 0. The molecule has 3 N–H and O–H groups in total. The van der Waals surface area contributed by atoms with Gasteiger partial charge in [0, 0.05) is 12.7 Å². The molecule has 0 aromatic heterocycles. The molecule has 0 bridgehead atoms. The summed E-state index contributed by atoms with van der Waals surface area (Å²) in [6, 6.07) is 3.42. The number of hydrogen-bond acceptors (Lipinski definition) is 4. The van der Waals surface area contributed by atoms with Crippen molar-refractivity contribution < 1.29 is 29.2 Å². The number of halogens is 1. The molecule has 1 aromatic rings. The number of aliphatic hydroxyl groups is 1. The largest absolute Gasteiger partial charge is 0.505 e. The summed E-state index contributed by atoms with van der Waals surface area (Å²) in [5.74, 6) is -2.56. The van der Waals surface area contributed by atoms with Crippen molar-refractivity contribution in [1.29, 1.82) is 0 Å². The maximum absolute atomic E-state index is 13.2. The van der Waals surface area contributed by atoms with E-state index in [0.29, 0.717) is 0 Å². The van der Waals surface area contributed by atoms with E-state index in [2.05, 4.69) is 0 Å². The molecular weight excluding hydrogens is 255 g/mol. The van der Waals surface area contributed by atoms with Crippen LogP contribution >= 0.6 is 0 Å². The molecule has 0 saturated carbocycles. The number of phenolic OH excluding ortho intramolecular Hbond substituents is 1. The van der Waals surface area contributed by atoms with E-state index in [0.717, 1.165) is 18.2 Å². The lowest BCUT2D eigenvalue weighted by molar-refractivity contribution is -0.131. The van der Waals surface area contributed by atoms with Gasteiger partial charge in [0.05, 0.1) is 0 Å². The Bertz CT molecular complexity index is 472. The van der Waals surface area contributed by atoms with E-state index in [-0.39, 0.29) is 12.2 Å². The first kappa shape index (κ1) is 15.1. The summed E-state index contributed by atoms with van der Waals surface area (Å²) in [4.78, 5) is 10.4. The number of phenols is 1. The monoisotopic (exact) mass is 270 g/mol. The van der Waals surface area contributed by atoms with Crippen LogP contribution in [0.3, 0.4) is 0 Å². The molecule has 1 rings (SSSR count). The van der Waals surface area contributed by atoms with Crippen LogP contribution in [-0.2, 0) is 9.53 Å². The van der Waals surface area contributed by atoms with Crippen LogP contribution in [0.1, 0.15) is 18.6 Å². The molecule has 0 unspecified atom stereocenters. The Morgan fingerprint density at radius 1 is 1.53 bits per heavy atom. The number of aliphatic carboxylic acids is 1. The molecule has 104 valence electrons. The molecule has 0 heterocycles. The van der Waals surface area contributed by atoms with Gasteiger partial charge >= 0.3 is 5.97 Å². The van der Waals surface area contributed by atoms with E-state index >= 15 is 0 Å². The summed E-state index contributed by atoms with van der Waals surface area (Å²) in [6.45, 7) is 1.94. The Morgan fingerprint density at radius 2 is 2.21 bits per heavy atom. The molecule has 0 radical (unpaired) electrons. The summed E-state index contributed by atoms with van der Waals surface area (Å²) in [7, 11) is 0. The molecule has 6 heteroatoms. The lowest BCUT2D eigenvalue weighted by atomic mass is 10.0. The molecule has 19 heavy (non-hydrogen) atoms. The van der Waals surface area contributed by atoms with Gasteiger partial charge < -0.3 is 20.1 Å². The predicted molar refractivity (Wildman–Crippen MR) is 65.2 cm³/mol. The Hall–Kier alpha value is -1.92. The number of aromatic hydroxyl groups is 1. The van der Waals surface area contributed by atoms with Gasteiger partial charge in [-0.1, -0.05) is 6.07 Å². The molecule has 5 nitrogen and oxygen atoms in total. The van der Waals surface area contributed by atoms with Gasteiger partial charge in [-0.3, -0.25) is 0 Å². The van der Waals surface area contributed by atoms with Gasteiger partial charge in [0.2, 0.25) is 0 Å². The summed E-state index contributed by atoms with van der Waals surface area (Å²) in [5, 5.41) is 27.6. The fraction of sp³-hybridized carbons (Fsp3) is 0.308. The van der Waals surface area contributed by atoms with Crippen molar-refractivity contribution in [2.45, 2.75) is 19.1 Å². The van der Waals surface area contributed by atoms with Crippen molar-refractivity contribution in [3.05, 3.63) is 41.7 Å². The van der Waals surface area contributed by atoms with Gasteiger partial charge in [0.1, 0.15) is 12.2 Å². The van der Waals surface area contributed by atoms with E-state index in [1.54, 1.807) is 6.92 Å². The third-order valence-corrected chi connectivity index (χ3v) is 2.41. The minimum Gasteiger partial charge on any atom is -0.505 e. The third-order valence-electron chi connectivity index (χ3n) is 2.41. The second-order valence-electron chi connectivity index (χ2n) is 3.77. The first-order valence-electron chi connectivity index (χ1n) is 5.65. The zero-order valence-electron chi connectivity index (χ0n) is 10.3. The minimum atomic E-state index is -1.23. The quantitative estimate of drug-likeness (QED) is 0.684. The first-order chi connectivity index (χ1) is 8.95. The van der Waals surface area contributed by atoms with Gasteiger partial charge in [-0.15, -0.1) is 0 Å². The van der Waals surface area contributed by atoms with Crippen molar-refractivity contribution in [3.63, 3.8) is 0 Å². The topological polar surface area (TPSA) is 87.0 Å². The Morgan fingerprint density at radius 3 is 2.74 bits per heavy atom. The highest BCUT2D eigenvalue weighted by Gasteiger charge is 2.20. The number of carbonyl (C=O) groups is 1. The van der Waals surface area contributed by atoms with Crippen molar-refractivity contribution >= 4 is 5.97 Å². The number of carboxylic acid groups (broad SMARTS) is 1. The number of ether oxygens (including phenoxy) is 1. The third kappa shape index (κ3) is 4.35. The maximum atomic E-state index is 13.2. The molecule has 0 fully saturated rings. The Kier molecular flexibility index (Phi) is 5.47. The van der Waals surface area contributed by atoms with Gasteiger partial charge in [0.25, 0.3) is 0 Å². The van der Waals surface area contributed by atoms with Crippen molar-refractivity contribution in [1.82, 2.24) is 0 Å². The fourth-order valence-electron chi connectivity index (χ4n) is 1.52. The highest BCUT2D eigenvalue weighted by Crippen LogP contribution is 2.24. The second kappa shape index (κ2) is 6.86. The van der Waals surface area contributed by atoms with E-state index in [1.165, 1.54) is 12.1 Å². The molecule has 0 aliphatic heterocycles. The van der Waals surface area contributed by atoms with Gasteiger partial charge in [-0.05, 0) is 30.7 Å². The summed E-state index contributed by atoms with van der Waals surface area (Å²) < 4.78 is 18.4. The highest BCUT2D eigenvalue weighted by atomic mass is 19.1. The Balaban J connectivity index is 2.94. The van der Waals surface area contributed by atoms with Gasteiger partial charge in [-0.2, -0.15) is 0 Å². The molecule has 0 aliphatic carbocycles. The number of hydrogen-bond donors (Lipinski definition) is 3. The zero-order chi connectivity index (χ0) is 14.4. The number of carboxylic acids is 1. The molecule has 0 aliphatic rings. The highest BCUT2D eigenvalue weighted by molar-refractivity contribution is 5.79. The second-order valence-corrected chi connectivity index (χ2v) is 3.77. The molecule has 0 saturated heterocycles. The molecule has 1 aromatic carbocycles. The summed E-state index contributed by atoms with van der Waals surface area (Å²) in [5.41, 5.74) is 0.184. The Labute approximate surface area is 109 Å². The van der Waals surface area contributed by atoms with Crippen LogP contribution in [0.15, 0.2) is 30.4 Å². The molecule has 0 amide bonds. The average Bonchev–Trinajstić information content (AvgIpc) is 2.36. The zero-order valence-corrected chi connectivity index (χ0v) is 10.3. The van der Waals surface area contributed by atoms with E-state index < -0.39 is 29.7 Å². The SMILES string of the molecule is CCO[C@H](/C=C/C(=O)O)[C@H](O)c1ccc(O)c(F)c1. The minimum absolute atomic E-state index is 0.184. The lowest BCUT2D eigenvalue weighted by Crippen LogP contribution is -2.20. The first-order valence-corrected chi connectivity index (χ1v) is 5.65. The van der Waals surface area contributed by atoms with Crippen LogP contribution in [0.2, 0.25) is 0 Å². The molecule has 2 atom stereocenters.